The molecule has 0 saturated heterocycles. The van der Waals surface area contributed by atoms with Gasteiger partial charge in [-0.05, 0) is 52.9 Å². The highest BCUT2D eigenvalue weighted by Crippen LogP contribution is 2.34. The molecule has 0 atom stereocenters. The van der Waals surface area contributed by atoms with Crippen molar-refractivity contribution < 1.29 is 4.74 Å². The van der Waals surface area contributed by atoms with Crippen molar-refractivity contribution in [1.82, 2.24) is 0 Å². The molecule has 1 aromatic carbocycles. The van der Waals surface area contributed by atoms with Crippen LogP contribution in [0.4, 0.5) is 0 Å². The lowest BCUT2D eigenvalue weighted by Gasteiger charge is -2.12. The highest BCUT2D eigenvalue weighted by molar-refractivity contribution is 9.10. The lowest BCUT2D eigenvalue weighted by molar-refractivity contribution is 0.278. The van der Waals surface area contributed by atoms with Crippen LogP contribution in [0.2, 0.25) is 0 Å². The first-order chi connectivity index (χ1) is 7.13. The summed E-state index contributed by atoms with van der Waals surface area (Å²) in [7, 11) is 0. The van der Waals surface area contributed by atoms with Crippen LogP contribution in [-0.2, 0) is 6.42 Å². The van der Waals surface area contributed by atoms with E-state index in [1.807, 2.05) is 6.07 Å². The van der Waals surface area contributed by atoms with Crippen LogP contribution in [0.15, 0.2) is 22.7 Å². The lowest BCUT2D eigenvalue weighted by Crippen LogP contribution is -2.29. The van der Waals surface area contributed by atoms with Gasteiger partial charge >= 0.3 is 0 Å². The third kappa shape index (κ3) is 2.73. The number of hydrogen-bond acceptors (Lipinski definition) is 2. The van der Waals surface area contributed by atoms with Crippen molar-refractivity contribution in [2.24, 2.45) is 5.73 Å². The minimum absolute atomic E-state index is 0.0527. The molecule has 0 radical (unpaired) electrons. The average molecular weight is 270 g/mol. The molecule has 1 fully saturated rings. The maximum Gasteiger partial charge on any atom is 0.133 e. The van der Waals surface area contributed by atoms with E-state index in [9.17, 15) is 0 Å². The van der Waals surface area contributed by atoms with Gasteiger partial charge in [0.25, 0.3) is 0 Å². The molecule has 1 aliphatic carbocycles. The molecule has 0 spiro atoms. The number of nitrogens with two attached hydrogens (primary N) is 1. The Morgan fingerprint density at radius 1 is 1.47 bits per heavy atom. The molecular weight excluding hydrogens is 254 g/mol. The van der Waals surface area contributed by atoms with Gasteiger partial charge in [0.05, 0.1) is 10.0 Å². The summed E-state index contributed by atoms with van der Waals surface area (Å²) in [4.78, 5) is 0. The maximum atomic E-state index is 5.96. The molecule has 0 aromatic heterocycles. The second-order valence-corrected chi connectivity index (χ2v) is 5.12. The Labute approximate surface area is 98.9 Å². The summed E-state index contributed by atoms with van der Waals surface area (Å²) in [6.07, 6.45) is 3.20. The lowest BCUT2D eigenvalue weighted by atomic mass is 10.2. The second-order valence-electron chi connectivity index (χ2n) is 4.27. The molecule has 1 aromatic rings. The quantitative estimate of drug-likeness (QED) is 0.913. The van der Waals surface area contributed by atoms with E-state index >= 15 is 0 Å². The smallest absolute Gasteiger partial charge is 0.133 e. The van der Waals surface area contributed by atoms with Gasteiger partial charge in [0.1, 0.15) is 12.4 Å². The average Bonchev–Trinajstić information content (AvgIpc) is 2.95. The predicted molar refractivity (Wildman–Crippen MR) is 65.2 cm³/mol. The molecule has 1 aliphatic rings. The van der Waals surface area contributed by atoms with Gasteiger partial charge in [-0.2, -0.15) is 0 Å². The summed E-state index contributed by atoms with van der Waals surface area (Å²) in [5, 5.41) is 0. The first-order valence-corrected chi connectivity index (χ1v) is 6.12. The fraction of sp³-hybridized carbons (Fsp3) is 0.500. The van der Waals surface area contributed by atoms with E-state index in [1.165, 1.54) is 5.56 Å². The third-order valence-corrected chi connectivity index (χ3v) is 3.43. The van der Waals surface area contributed by atoms with E-state index in [0.717, 1.165) is 29.5 Å². The SMILES string of the molecule is CCc1ccc(OCC2(N)CC2)c(Br)c1. The van der Waals surface area contributed by atoms with Crippen molar-refractivity contribution in [3.05, 3.63) is 28.2 Å². The maximum absolute atomic E-state index is 5.96. The molecule has 1 saturated carbocycles. The molecule has 0 amide bonds. The fourth-order valence-electron chi connectivity index (χ4n) is 1.41. The van der Waals surface area contributed by atoms with Crippen molar-refractivity contribution >= 4 is 15.9 Å². The van der Waals surface area contributed by atoms with Crippen LogP contribution in [0.1, 0.15) is 25.3 Å². The molecule has 0 heterocycles. The molecule has 2 nitrogen and oxygen atoms in total. The Bertz CT molecular complexity index is 361. The summed E-state index contributed by atoms with van der Waals surface area (Å²) < 4.78 is 6.71. The van der Waals surface area contributed by atoms with Crippen LogP contribution in [-0.4, -0.2) is 12.1 Å². The van der Waals surface area contributed by atoms with Crippen molar-refractivity contribution in [3.8, 4) is 5.75 Å². The Kier molecular flexibility index (Phi) is 3.03. The molecule has 0 bridgehead atoms. The summed E-state index contributed by atoms with van der Waals surface area (Å²) in [6.45, 7) is 2.76. The summed E-state index contributed by atoms with van der Waals surface area (Å²) in [5.41, 5.74) is 7.22. The number of aryl methyl sites for hydroxylation is 1. The largest absolute Gasteiger partial charge is 0.490 e. The van der Waals surface area contributed by atoms with Crippen LogP contribution < -0.4 is 10.5 Å². The molecule has 3 heteroatoms. The molecule has 2 N–H and O–H groups in total. The van der Waals surface area contributed by atoms with Crippen LogP contribution >= 0.6 is 15.9 Å². The monoisotopic (exact) mass is 269 g/mol. The van der Waals surface area contributed by atoms with Gasteiger partial charge in [-0.3, -0.25) is 0 Å². The van der Waals surface area contributed by atoms with Gasteiger partial charge in [0.2, 0.25) is 0 Å². The van der Waals surface area contributed by atoms with Gasteiger partial charge in [0, 0.05) is 0 Å². The fourth-order valence-corrected chi connectivity index (χ4v) is 1.95. The zero-order chi connectivity index (χ0) is 10.9. The van der Waals surface area contributed by atoms with E-state index in [-0.39, 0.29) is 5.54 Å². The Balaban J connectivity index is 2.01. The van der Waals surface area contributed by atoms with Crippen LogP contribution in [0.25, 0.3) is 0 Å². The summed E-state index contributed by atoms with van der Waals surface area (Å²) in [5.74, 6) is 0.893. The zero-order valence-corrected chi connectivity index (χ0v) is 10.5. The van der Waals surface area contributed by atoms with Crippen LogP contribution in [0.5, 0.6) is 5.75 Å². The van der Waals surface area contributed by atoms with Gasteiger partial charge in [0.15, 0.2) is 0 Å². The minimum atomic E-state index is -0.0527. The van der Waals surface area contributed by atoms with E-state index in [4.69, 9.17) is 10.5 Å². The third-order valence-electron chi connectivity index (χ3n) is 2.81. The highest BCUT2D eigenvalue weighted by Gasteiger charge is 2.39. The van der Waals surface area contributed by atoms with E-state index in [2.05, 4.69) is 35.0 Å². The summed E-state index contributed by atoms with van der Waals surface area (Å²) >= 11 is 3.51. The summed E-state index contributed by atoms with van der Waals surface area (Å²) in [6, 6.07) is 6.20. The number of hydrogen-bond donors (Lipinski definition) is 1. The van der Waals surface area contributed by atoms with E-state index in [1.54, 1.807) is 0 Å². The van der Waals surface area contributed by atoms with Gasteiger partial charge in [-0.1, -0.05) is 13.0 Å². The predicted octanol–water partition coefficient (Wildman–Crippen LogP) is 2.88. The van der Waals surface area contributed by atoms with Crippen molar-refractivity contribution in [2.45, 2.75) is 31.7 Å². The van der Waals surface area contributed by atoms with E-state index in [0.29, 0.717) is 6.61 Å². The molecule has 0 unspecified atom stereocenters. The first kappa shape index (κ1) is 11.0. The van der Waals surface area contributed by atoms with Crippen LogP contribution in [0.3, 0.4) is 0 Å². The highest BCUT2D eigenvalue weighted by atomic mass is 79.9. The van der Waals surface area contributed by atoms with Gasteiger partial charge < -0.3 is 10.5 Å². The number of benzene rings is 1. The van der Waals surface area contributed by atoms with Crippen molar-refractivity contribution in [1.29, 1.82) is 0 Å². The molecule has 15 heavy (non-hydrogen) atoms. The molecule has 0 aliphatic heterocycles. The van der Waals surface area contributed by atoms with Crippen molar-refractivity contribution in [3.63, 3.8) is 0 Å². The molecule has 82 valence electrons. The second kappa shape index (κ2) is 4.14. The molecular formula is C12H16BrNO. The molecule has 2 rings (SSSR count). The van der Waals surface area contributed by atoms with Gasteiger partial charge in [-0.15, -0.1) is 0 Å². The van der Waals surface area contributed by atoms with Gasteiger partial charge in [-0.25, -0.2) is 0 Å². The Morgan fingerprint density at radius 3 is 2.73 bits per heavy atom. The number of ether oxygens (including phenoxy) is 1. The number of halogens is 1. The standard InChI is InChI=1S/C12H16BrNO/c1-2-9-3-4-11(10(13)7-9)15-8-12(14)5-6-12/h3-4,7H,2,5-6,8,14H2,1H3. The van der Waals surface area contributed by atoms with Crippen LogP contribution in [0, 0.1) is 0 Å². The Hall–Kier alpha value is -0.540. The first-order valence-electron chi connectivity index (χ1n) is 5.33. The number of rotatable bonds is 4. The normalized spacial score (nSPS) is 17.5. The Morgan fingerprint density at radius 2 is 2.20 bits per heavy atom. The topological polar surface area (TPSA) is 35.2 Å². The zero-order valence-electron chi connectivity index (χ0n) is 8.92. The van der Waals surface area contributed by atoms with E-state index < -0.39 is 0 Å². The van der Waals surface area contributed by atoms with Crippen molar-refractivity contribution in [2.75, 3.05) is 6.61 Å². The minimum Gasteiger partial charge on any atom is -0.490 e.